The number of aliphatic hydroxyl groups is 1. The highest BCUT2D eigenvalue weighted by atomic mass is 35.5. The van der Waals surface area contributed by atoms with E-state index in [2.05, 4.69) is 0 Å². The number of aliphatic hydroxyl groups excluding tert-OH is 1. The van der Waals surface area contributed by atoms with Gasteiger partial charge in [-0.2, -0.15) is 0 Å². The van der Waals surface area contributed by atoms with Gasteiger partial charge in [-0.1, -0.05) is 0 Å². The van der Waals surface area contributed by atoms with E-state index in [1.54, 1.807) is 0 Å². The lowest BCUT2D eigenvalue weighted by molar-refractivity contribution is 0.162. The molecule has 0 rings (SSSR count). The second kappa shape index (κ2) is 27.0. The molecule has 1 N–H and O–H groups in total. The zero-order valence-corrected chi connectivity index (χ0v) is 6.49. The Morgan fingerprint density at radius 2 is 1.38 bits per heavy atom. The molecule has 2 nitrogen and oxygen atoms in total. The third-order valence-corrected chi connectivity index (χ3v) is 0.408. The summed E-state index contributed by atoms with van der Waals surface area (Å²) in [5, 5.41) is 7.00. The van der Waals surface area contributed by atoms with Gasteiger partial charge in [-0.15, -0.1) is 12.4 Å². The largest absolute Gasteiger partial charge is 0.400 e. The first-order valence-electron chi connectivity index (χ1n) is 2.44. The van der Waals surface area contributed by atoms with Crippen molar-refractivity contribution >= 4 is 12.4 Å². The molecule has 0 bridgehead atoms. The van der Waals surface area contributed by atoms with E-state index in [1.807, 2.05) is 13.8 Å². The van der Waals surface area contributed by atoms with Crippen molar-refractivity contribution in [2.24, 2.45) is 0 Å². The molecule has 54 valence electrons. The molecule has 0 aliphatic heterocycles. The zero-order valence-electron chi connectivity index (χ0n) is 5.68. The summed E-state index contributed by atoms with van der Waals surface area (Å²) in [5.74, 6) is 0. The van der Waals surface area contributed by atoms with Crippen LogP contribution in [0.2, 0.25) is 0 Å². The Morgan fingerprint density at radius 1 is 1.12 bits per heavy atom. The average molecular weight is 143 g/mol. The molecule has 0 saturated heterocycles. The number of ether oxygens (including phenoxy) is 1. The van der Waals surface area contributed by atoms with E-state index in [4.69, 9.17) is 9.84 Å². The topological polar surface area (TPSA) is 29.5 Å². The van der Waals surface area contributed by atoms with Gasteiger partial charge in [0, 0.05) is 20.3 Å². The summed E-state index contributed by atoms with van der Waals surface area (Å²) in [6.07, 6.45) is 0. The molecule has 0 aliphatic rings. The summed E-state index contributed by atoms with van der Waals surface area (Å²) < 4.78 is 4.83. The molecule has 0 radical (unpaired) electrons. The minimum Gasteiger partial charge on any atom is -0.400 e. The minimum atomic E-state index is 0. The maximum absolute atomic E-state index is 7.00. The Morgan fingerprint density at radius 3 is 1.38 bits per heavy atom. The highest BCUT2D eigenvalue weighted by Gasteiger charge is 1.64. The van der Waals surface area contributed by atoms with Crippen LogP contribution in [-0.2, 0) is 4.74 Å². The van der Waals surface area contributed by atoms with Crippen LogP contribution in [0.5, 0.6) is 0 Å². The molecule has 0 aromatic carbocycles. The van der Waals surface area contributed by atoms with Gasteiger partial charge in [0.05, 0.1) is 0 Å². The van der Waals surface area contributed by atoms with Crippen molar-refractivity contribution < 1.29 is 9.84 Å². The number of hydrogen-bond acceptors (Lipinski definition) is 2. The van der Waals surface area contributed by atoms with Crippen LogP contribution in [0, 0.1) is 0 Å². The lowest BCUT2D eigenvalue weighted by Crippen LogP contribution is -1.84. The van der Waals surface area contributed by atoms with E-state index < -0.39 is 0 Å². The van der Waals surface area contributed by atoms with Crippen molar-refractivity contribution in [3.63, 3.8) is 0 Å². The second-order valence-electron chi connectivity index (χ2n) is 0.781. The predicted octanol–water partition coefficient (Wildman–Crippen LogP) is 1.07. The van der Waals surface area contributed by atoms with E-state index in [-0.39, 0.29) is 12.4 Å². The van der Waals surface area contributed by atoms with Gasteiger partial charge in [0.15, 0.2) is 0 Å². The smallest absolute Gasteiger partial charge is 0.0437 e. The molecule has 0 saturated carbocycles. The molecule has 0 unspecified atom stereocenters. The molecule has 0 spiro atoms. The van der Waals surface area contributed by atoms with Gasteiger partial charge in [0.25, 0.3) is 0 Å². The van der Waals surface area contributed by atoms with Gasteiger partial charge in [-0.3, -0.25) is 0 Å². The number of halogens is 1. The Balaban J connectivity index is -0.0000000750. The third kappa shape index (κ3) is 34.5. The van der Waals surface area contributed by atoms with Crippen LogP contribution in [-0.4, -0.2) is 25.4 Å². The minimum absolute atomic E-state index is 0. The van der Waals surface area contributed by atoms with E-state index in [1.165, 1.54) is 0 Å². The summed E-state index contributed by atoms with van der Waals surface area (Å²) in [4.78, 5) is 0. The van der Waals surface area contributed by atoms with Crippen molar-refractivity contribution in [1.82, 2.24) is 0 Å². The van der Waals surface area contributed by atoms with E-state index >= 15 is 0 Å². The molecule has 0 aliphatic carbocycles. The summed E-state index contributed by atoms with van der Waals surface area (Å²) in [5.41, 5.74) is 0. The Hall–Kier alpha value is 0.210. The lowest BCUT2D eigenvalue weighted by Gasteiger charge is -1.86. The first-order valence-corrected chi connectivity index (χ1v) is 2.44. The highest BCUT2D eigenvalue weighted by Crippen LogP contribution is 1.64. The molecular formula is C5H15ClO2. The third-order valence-electron chi connectivity index (χ3n) is 0.408. The predicted molar refractivity (Wildman–Crippen MR) is 37.6 cm³/mol. The first-order chi connectivity index (χ1) is 3.41. The summed E-state index contributed by atoms with van der Waals surface area (Å²) >= 11 is 0. The molecule has 0 atom stereocenters. The maximum Gasteiger partial charge on any atom is 0.0437 e. The van der Waals surface area contributed by atoms with Gasteiger partial charge in [0.2, 0.25) is 0 Å². The normalized spacial score (nSPS) is 6.00. The fourth-order valence-electron chi connectivity index (χ4n) is 0.204. The standard InChI is InChI=1S/C4H10O.CH4O.ClH/c1-3-5-4-2;1-2;/h3-4H2,1-2H3;2H,1H3;1H. The van der Waals surface area contributed by atoms with Crippen LogP contribution in [0.3, 0.4) is 0 Å². The quantitative estimate of drug-likeness (QED) is 0.625. The Kier molecular flexibility index (Phi) is 53.0. The van der Waals surface area contributed by atoms with Crippen LogP contribution < -0.4 is 0 Å². The average Bonchev–Trinajstić information content (AvgIpc) is 1.75. The van der Waals surface area contributed by atoms with Gasteiger partial charge in [-0.05, 0) is 13.8 Å². The van der Waals surface area contributed by atoms with E-state index in [0.717, 1.165) is 20.3 Å². The Labute approximate surface area is 57.3 Å². The van der Waals surface area contributed by atoms with Gasteiger partial charge in [0.1, 0.15) is 0 Å². The molecule has 0 fully saturated rings. The highest BCUT2D eigenvalue weighted by molar-refractivity contribution is 5.85. The fraction of sp³-hybridized carbons (Fsp3) is 1.00. The Bertz CT molecular complexity index is 17.9. The number of hydrogen-bond donors (Lipinski definition) is 1. The van der Waals surface area contributed by atoms with Crippen molar-refractivity contribution in [3.8, 4) is 0 Å². The monoisotopic (exact) mass is 142 g/mol. The molecule has 0 aromatic rings. The molecule has 0 heterocycles. The second-order valence-corrected chi connectivity index (χ2v) is 0.781. The van der Waals surface area contributed by atoms with E-state index in [0.29, 0.717) is 0 Å². The van der Waals surface area contributed by atoms with Crippen LogP contribution in [0.25, 0.3) is 0 Å². The van der Waals surface area contributed by atoms with Crippen molar-refractivity contribution in [1.29, 1.82) is 0 Å². The molecule has 0 amide bonds. The maximum atomic E-state index is 7.00. The van der Waals surface area contributed by atoms with Crippen LogP contribution in [0.4, 0.5) is 0 Å². The SMILES string of the molecule is CCOCC.CO.Cl. The van der Waals surface area contributed by atoms with Gasteiger partial charge < -0.3 is 9.84 Å². The molecule has 3 heteroatoms. The summed E-state index contributed by atoms with van der Waals surface area (Å²) in [6.45, 7) is 5.67. The van der Waals surface area contributed by atoms with Crippen LogP contribution >= 0.6 is 12.4 Å². The molecular weight excluding hydrogens is 128 g/mol. The van der Waals surface area contributed by atoms with Crippen molar-refractivity contribution in [2.45, 2.75) is 13.8 Å². The van der Waals surface area contributed by atoms with Crippen LogP contribution in [0.15, 0.2) is 0 Å². The van der Waals surface area contributed by atoms with Crippen molar-refractivity contribution in [2.75, 3.05) is 20.3 Å². The zero-order chi connectivity index (χ0) is 6.12. The first kappa shape index (κ1) is 15.7. The molecule has 8 heavy (non-hydrogen) atoms. The van der Waals surface area contributed by atoms with Gasteiger partial charge >= 0.3 is 0 Å². The van der Waals surface area contributed by atoms with Crippen molar-refractivity contribution in [3.05, 3.63) is 0 Å². The summed E-state index contributed by atoms with van der Waals surface area (Å²) in [7, 11) is 1.00. The fourth-order valence-corrected chi connectivity index (χ4v) is 0.204. The van der Waals surface area contributed by atoms with Gasteiger partial charge in [-0.25, -0.2) is 0 Å². The lowest BCUT2D eigenvalue weighted by atomic mass is 10.8. The van der Waals surface area contributed by atoms with Crippen LogP contribution in [0.1, 0.15) is 13.8 Å². The van der Waals surface area contributed by atoms with E-state index in [9.17, 15) is 0 Å². The molecule has 0 aromatic heterocycles. The summed E-state index contributed by atoms with van der Waals surface area (Å²) in [6, 6.07) is 0. The number of rotatable bonds is 2.